The van der Waals surface area contributed by atoms with E-state index >= 15 is 0 Å². The summed E-state index contributed by atoms with van der Waals surface area (Å²) in [7, 11) is 0. The molecule has 4 heteroatoms. The first kappa shape index (κ1) is 14.8. The molecule has 0 unspecified atom stereocenters. The van der Waals surface area contributed by atoms with Gasteiger partial charge in [-0.3, -0.25) is 0 Å². The first-order chi connectivity index (χ1) is 9.99. The van der Waals surface area contributed by atoms with Crippen molar-refractivity contribution in [3.63, 3.8) is 0 Å². The summed E-state index contributed by atoms with van der Waals surface area (Å²) in [5.41, 5.74) is 5.68. The molecule has 0 aliphatic heterocycles. The largest absolute Gasteiger partial charge is 0.308 e. The van der Waals surface area contributed by atoms with E-state index in [2.05, 4.69) is 26.2 Å². The predicted molar refractivity (Wildman–Crippen MR) is 86.0 cm³/mol. The zero-order valence-corrected chi connectivity index (χ0v) is 13.6. The molecular weight excluding hydrogens is 260 g/mol. The Labute approximate surface area is 127 Å². The van der Waals surface area contributed by atoms with Gasteiger partial charge in [-0.2, -0.15) is 0 Å². The minimum atomic E-state index is 0.424. The van der Waals surface area contributed by atoms with Crippen LogP contribution in [0.4, 0.5) is 5.82 Å². The van der Waals surface area contributed by atoms with E-state index in [4.69, 9.17) is 15.8 Å². The lowest BCUT2D eigenvalue weighted by atomic mass is 9.69. The molecule has 0 spiro atoms. The maximum atomic E-state index is 5.66. The van der Waals surface area contributed by atoms with Crippen LogP contribution in [0.25, 0.3) is 0 Å². The monoisotopic (exact) mass is 288 g/mol. The van der Waals surface area contributed by atoms with E-state index in [1.54, 1.807) is 0 Å². The number of rotatable bonds is 2. The Morgan fingerprint density at radius 1 is 1.05 bits per heavy atom. The molecule has 1 heterocycles. The molecule has 3 N–H and O–H groups in total. The Bertz CT molecular complexity index is 510. The van der Waals surface area contributed by atoms with E-state index in [1.807, 2.05) is 0 Å². The van der Waals surface area contributed by atoms with Crippen LogP contribution in [-0.2, 0) is 12.8 Å². The molecule has 0 saturated heterocycles. The maximum absolute atomic E-state index is 5.66. The molecular formula is C17H28N4. The van der Waals surface area contributed by atoms with E-state index in [-0.39, 0.29) is 0 Å². The zero-order chi connectivity index (χ0) is 15.0. The number of nitrogens with zero attached hydrogens (tertiary/aromatic N) is 2. The highest BCUT2D eigenvalue weighted by Crippen LogP contribution is 2.43. The summed E-state index contributed by atoms with van der Waals surface area (Å²) in [5.74, 6) is 8.89. The second kappa shape index (κ2) is 5.56. The molecule has 1 saturated carbocycles. The van der Waals surface area contributed by atoms with Crippen molar-refractivity contribution in [2.24, 2.45) is 17.2 Å². The van der Waals surface area contributed by atoms with Crippen molar-refractivity contribution in [1.29, 1.82) is 0 Å². The molecule has 21 heavy (non-hydrogen) atoms. The van der Waals surface area contributed by atoms with E-state index in [0.29, 0.717) is 11.3 Å². The van der Waals surface area contributed by atoms with Crippen molar-refractivity contribution >= 4 is 5.82 Å². The SMILES string of the molecule is CC(C)(C)C1CCC(c2nc3c(c(NN)n2)CCC3)CC1. The molecule has 1 aromatic rings. The van der Waals surface area contributed by atoms with Crippen LogP contribution < -0.4 is 11.3 Å². The van der Waals surface area contributed by atoms with Gasteiger partial charge in [-0.05, 0) is 56.3 Å². The molecule has 2 aliphatic rings. The van der Waals surface area contributed by atoms with Crippen molar-refractivity contribution < 1.29 is 0 Å². The summed E-state index contributed by atoms with van der Waals surface area (Å²) in [6, 6.07) is 0. The molecule has 2 aliphatic carbocycles. The van der Waals surface area contributed by atoms with E-state index in [0.717, 1.165) is 30.4 Å². The second-order valence-electron chi connectivity index (χ2n) is 7.77. The van der Waals surface area contributed by atoms with Crippen molar-refractivity contribution in [3.8, 4) is 0 Å². The summed E-state index contributed by atoms with van der Waals surface area (Å²) < 4.78 is 0. The van der Waals surface area contributed by atoms with Gasteiger partial charge in [-0.15, -0.1) is 0 Å². The van der Waals surface area contributed by atoms with Gasteiger partial charge in [0.15, 0.2) is 0 Å². The second-order valence-corrected chi connectivity index (χ2v) is 7.77. The van der Waals surface area contributed by atoms with Gasteiger partial charge in [0.25, 0.3) is 0 Å². The summed E-state index contributed by atoms with van der Waals surface area (Å²) in [6.45, 7) is 7.08. The number of fused-ring (bicyclic) bond motifs is 1. The first-order valence-electron chi connectivity index (χ1n) is 8.35. The molecule has 116 valence electrons. The van der Waals surface area contributed by atoms with Gasteiger partial charge in [0.1, 0.15) is 11.6 Å². The van der Waals surface area contributed by atoms with Crippen LogP contribution in [0, 0.1) is 11.3 Å². The Morgan fingerprint density at radius 2 is 1.76 bits per heavy atom. The van der Waals surface area contributed by atoms with Gasteiger partial charge in [0.05, 0.1) is 0 Å². The Kier molecular flexibility index (Phi) is 3.91. The van der Waals surface area contributed by atoms with Crippen LogP contribution in [0.3, 0.4) is 0 Å². The lowest BCUT2D eigenvalue weighted by Gasteiger charge is -2.36. The van der Waals surface area contributed by atoms with Gasteiger partial charge < -0.3 is 5.43 Å². The van der Waals surface area contributed by atoms with Gasteiger partial charge in [0.2, 0.25) is 0 Å². The van der Waals surface area contributed by atoms with Crippen molar-refractivity contribution in [3.05, 3.63) is 17.1 Å². The van der Waals surface area contributed by atoms with Crippen molar-refractivity contribution in [2.45, 2.75) is 71.6 Å². The van der Waals surface area contributed by atoms with Gasteiger partial charge in [-0.1, -0.05) is 20.8 Å². The van der Waals surface area contributed by atoms with Crippen LogP contribution in [0.5, 0.6) is 0 Å². The quantitative estimate of drug-likeness (QED) is 0.645. The number of nitrogens with one attached hydrogen (secondary N) is 1. The van der Waals surface area contributed by atoms with Crippen LogP contribution in [0.2, 0.25) is 0 Å². The Hall–Kier alpha value is -1.16. The number of anilines is 1. The molecule has 0 radical (unpaired) electrons. The molecule has 0 aromatic carbocycles. The highest BCUT2D eigenvalue weighted by atomic mass is 15.3. The number of hydrogen-bond donors (Lipinski definition) is 2. The minimum Gasteiger partial charge on any atom is -0.308 e. The molecule has 1 fully saturated rings. The summed E-state index contributed by atoms with van der Waals surface area (Å²) in [4.78, 5) is 9.59. The van der Waals surface area contributed by atoms with E-state index in [1.165, 1.54) is 43.4 Å². The lowest BCUT2D eigenvalue weighted by Crippen LogP contribution is -2.26. The lowest BCUT2D eigenvalue weighted by molar-refractivity contribution is 0.167. The molecule has 1 aromatic heterocycles. The average molecular weight is 288 g/mol. The highest BCUT2D eigenvalue weighted by molar-refractivity contribution is 5.48. The molecule has 0 atom stereocenters. The highest BCUT2D eigenvalue weighted by Gasteiger charge is 2.32. The third-order valence-electron chi connectivity index (χ3n) is 5.40. The van der Waals surface area contributed by atoms with Crippen LogP contribution in [-0.4, -0.2) is 9.97 Å². The summed E-state index contributed by atoms with van der Waals surface area (Å²) in [6.07, 6.45) is 8.33. The van der Waals surface area contributed by atoms with E-state index < -0.39 is 0 Å². The molecule has 4 nitrogen and oxygen atoms in total. The maximum Gasteiger partial charge on any atom is 0.147 e. The smallest absolute Gasteiger partial charge is 0.147 e. The predicted octanol–water partition coefficient (Wildman–Crippen LogP) is 3.57. The Morgan fingerprint density at radius 3 is 2.38 bits per heavy atom. The minimum absolute atomic E-state index is 0.424. The third-order valence-corrected chi connectivity index (χ3v) is 5.40. The summed E-state index contributed by atoms with van der Waals surface area (Å²) in [5, 5.41) is 0. The number of aryl methyl sites for hydroxylation is 1. The summed E-state index contributed by atoms with van der Waals surface area (Å²) >= 11 is 0. The molecule has 3 rings (SSSR count). The fraction of sp³-hybridized carbons (Fsp3) is 0.765. The standard InChI is InChI=1S/C17H28N4/c1-17(2,3)12-9-7-11(8-10-12)15-19-14-6-4-5-13(14)16(20-15)21-18/h11-12H,4-10,18H2,1-3H3,(H,19,20,21). The fourth-order valence-corrected chi connectivity index (χ4v) is 3.97. The van der Waals surface area contributed by atoms with Crippen molar-refractivity contribution in [2.75, 3.05) is 5.43 Å². The number of hydrazine groups is 1. The zero-order valence-electron chi connectivity index (χ0n) is 13.6. The van der Waals surface area contributed by atoms with Crippen LogP contribution in [0.15, 0.2) is 0 Å². The fourth-order valence-electron chi connectivity index (χ4n) is 3.97. The van der Waals surface area contributed by atoms with E-state index in [9.17, 15) is 0 Å². The third kappa shape index (κ3) is 2.91. The molecule has 0 bridgehead atoms. The molecule has 0 amide bonds. The van der Waals surface area contributed by atoms with Gasteiger partial charge >= 0.3 is 0 Å². The normalized spacial score (nSPS) is 25.7. The van der Waals surface area contributed by atoms with Crippen LogP contribution in [0.1, 0.15) is 75.9 Å². The average Bonchev–Trinajstić information content (AvgIpc) is 2.93. The van der Waals surface area contributed by atoms with Gasteiger partial charge in [0, 0.05) is 17.2 Å². The topological polar surface area (TPSA) is 63.8 Å². The number of nitrogen functional groups attached to an aromatic ring is 1. The van der Waals surface area contributed by atoms with Crippen molar-refractivity contribution in [1.82, 2.24) is 9.97 Å². The van der Waals surface area contributed by atoms with Crippen LogP contribution >= 0.6 is 0 Å². The van der Waals surface area contributed by atoms with Gasteiger partial charge in [-0.25, -0.2) is 15.8 Å². The Balaban J connectivity index is 1.77. The first-order valence-corrected chi connectivity index (χ1v) is 8.35. The number of hydrogen-bond acceptors (Lipinski definition) is 4. The number of aromatic nitrogens is 2. The number of nitrogens with two attached hydrogens (primary N) is 1.